The molecule has 182 valence electrons. The van der Waals surface area contributed by atoms with Gasteiger partial charge in [-0.2, -0.15) is 0 Å². The van der Waals surface area contributed by atoms with E-state index in [1.807, 2.05) is 0 Å². The van der Waals surface area contributed by atoms with E-state index in [0.717, 1.165) is 36.3 Å². The summed E-state index contributed by atoms with van der Waals surface area (Å²) >= 11 is 0. The van der Waals surface area contributed by atoms with Gasteiger partial charge in [0.1, 0.15) is 24.1 Å². The minimum atomic E-state index is -1.58. The average molecular weight is 473 g/mol. The second-order valence-electron chi connectivity index (χ2n) is 8.34. The molecule has 0 bridgehead atoms. The molecule has 2 aliphatic heterocycles. The lowest BCUT2D eigenvalue weighted by Crippen LogP contribution is -2.43. The van der Waals surface area contributed by atoms with Gasteiger partial charge in [0, 0.05) is 12.7 Å². The number of benzene rings is 1. The van der Waals surface area contributed by atoms with Gasteiger partial charge in [-0.25, -0.2) is 14.3 Å². The summed E-state index contributed by atoms with van der Waals surface area (Å²) in [6, 6.07) is 7.01. The standard InChI is InChI=1S/C23H27N3O8/c1-2-3-4-7-10-33-12-15-18(28)19(29)22(34-15)26-17(11-16(27)24-23(26)32)25-20(30)13-8-5-6-9-14(13)21(25)31/h5-6,8-9,11,15,18-19,22,28-29H,2-4,7,10,12H2,1H3,(H,24,27,32)/t15-,18-,19-,22-/m1/s1. The molecule has 1 saturated heterocycles. The molecule has 4 rings (SSSR count). The lowest BCUT2D eigenvalue weighted by atomic mass is 10.1. The number of nitrogens with zero attached hydrogens (tertiary/aromatic N) is 2. The first-order valence-corrected chi connectivity index (χ1v) is 11.3. The average Bonchev–Trinajstić information content (AvgIpc) is 3.23. The number of aliphatic hydroxyl groups is 2. The molecule has 3 N–H and O–H groups in total. The smallest absolute Gasteiger partial charge is 0.332 e. The molecule has 0 spiro atoms. The summed E-state index contributed by atoms with van der Waals surface area (Å²) in [5.41, 5.74) is -1.60. The highest BCUT2D eigenvalue weighted by Crippen LogP contribution is 2.34. The monoisotopic (exact) mass is 473 g/mol. The number of unbranched alkanes of at least 4 members (excludes halogenated alkanes) is 3. The van der Waals surface area contributed by atoms with E-state index in [-0.39, 0.29) is 23.6 Å². The number of hydrogen-bond donors (Lipinski definition) is 3. The van der Waals surface area contributed by atoms with Crippen molar-refractivity contribution >= 4 is 17.6 Å². The van der Waals surface area contributed by atoms with Crippen molar-refractivity contribution in [2.24, 2.45) is 0 Å². The van der Waals surface area contributed by atoms with Crippen molar-refractivity contribution in [2.45, 2.75) is 57.1 Å². The quantitative estimate of drug-likeness (QED) is 0.353. The fraction of sp³-hybridized carbons (Fsp3) is 0.478. The molecule has 0 saturated carbocycles. The normalized spacial score (nSPS) is 24.1. The van der Waals surface area contributed by atoms with Gasteiger partial charge in [-0.15, -0.1) is 0 Å². The minimum absolute atomic E-state index is 0.0265. The third kappa shape index (κ3) is 4.34. The van der Waals surface area contributed by atoms with E-state index >= 15 is 0 Å². The number of fused-ring (bicyclic) bond motifs is 1. The molecular weight excluding hydrogens is 446 g/mol. The molecule has 2 aliphatic rings. The molecule has 11 heteroatoms. The molecule has 3 heterocycles. The predicted molar refractivity (Wildman–Crippen MR) is 120 cm³/mol. The van der Waals surface area contributed by atoms with Crippen LogP contribution in [-0.2, 0) is 9.47 Å². The SMILES string of the molecule is CCCCCCOC[C@H]1O[C@@H](n2c(N3C(=O)c4ccccc4C3=O)cc(=O)[nH]c2=O)[C@H](O)[C@@H]1O. The zero-order chi connectivity index (χ0) is 24.4. The van der Waals surface area contributed by atoms with Gasteiger partial charge in [0.2, 0.25) is 0 Å². The van der Waals surface area contributed by atoms with E-state index in [9.17, 15) is 29.4 Å². The highest BCUT2D eigenvalue weighted by molar-refractivity contribution is 6.34. The van der Waals surface area contributed by atoms with Crippen LogP contribution in [0, 0.1) is 0 Å². The van der Waals surface area contributed by atoms with Gasteiger partial charge in [0.15, 0.2) is 6.23 Å². The number of nitrogens with one attached hydrogen (secondary N) is 1. The summed E-state index contributed by atoms with van der Waals surface area (Å²) in [6.45, 7) is 2.52. The molecule has 11 nitrogen and oxygen atoms in total. The third-order valence-electron chi connectivity index (χ3n) is 6.00. The van der Waals surface area contributed by atoms with Crippen LogP contribution in [0.25, 0.3) is 0 Å². The van der Waals surface area contributed by atoms with Crippen LogP contribution in [0.3, 0.4) is 0 Å². The summed E-state index contributed by atoms with van der Waals surface area (Å²) in [5, 5.41) is 21.1. The molecule has 4 atom stereocenters. The molecule has 1 aromatic carbocycles. The summed E-state index contributed by atoms with van der Waals surface area (Å²) < 4.78 is 12.1. The summed E-state index contributed by atoms with van der Waals surface area (Å²) in [6.07, 6.45) is -1.38. The largest absolute Gasteiger partial charge is 0.387 e. The number of anilines is 1. The Morgan fingerprint density at radius 3 is 2.32 bits per heavy atom. The number of carbonyl (C=O) groups is 2. The van der Waals surface area contributed by atoms with Crippen molar-refractivity contribution in [3.05, 3.63) is 62.3 Å². The molecular formula is C23H27N3O8. The summed E-state index contributed by atoms with van der Waals surface area (Å²) in [5.74, 6) is -1.81. The first-order chi connectivity index (χ1) is 16.3. The summed E-state index contributed by atoms with van der Waals surface area (Å²) in [7, 11) is 0. The maximum Gasteiger partial charge on any atom is 0.332 e. The molecule has 0 unspecified atom stereocenters. The lowest BCUT2D eigenvalue weighted by Gasteiger charge is -2.24. The Kier molecular flexibility index (Phi) is 7.08. The van der Waals surface area contributed by atoms with Crippen molar-refractivity contribution in [3.8, 4) is 0 Å². The number of carbonyl (C=O) groups excluding carboxylic acids is 2. The Bertz CT molecular complexity index is 1150. The number of H-pyrrole nitrogens is 1. The Morgan fingerprint density at radius 2 is 1.68 bits per heavy atom. The van der Waals surface area contributed by atoms with Gasteiger partial charge in [-0.1, -0.05) is 38.3 Å². The molecule has 2 amide bonds. The van der Waals surface area contributed by atoms with Gasteiger partial charge in [-0.05, 0) is 18.6 Å². The maximum absolute atomic E-state index is 13.0. The Morgan fingerprint density at radius 1 is 1.00 bits per heavy atom. The fourth-order valence-corrected chi connectivity index (χ4v) is 4.22. The number of amides is 2. The fourth-order valence-electron chi connectivity index (χ4n) is 4.22. The maximum atomic E-state index is 13.0. The van der Waals surface area contributed by atoms with E-state index in [4.69, 9.17) is 9.47 Å². The van der Waals surface area contributed by atoms with Crippen LogP contribution in [-0.4, -0.2) is 63.1 Å². The minimum Gasteiger partial charge on any atom is -0.387 e. The molecule has 1 aromatic heterocycles. The van der Waals surface area contributed by atoms with Gasteiger partial charge >= 0.3 is 5.69 Å². The number of imide groups is 1. The number of aromatic amines is 1. The topological polar surface area (TPSA) is 151 Å². The van der Waals surface area contributed by atoms with E-state index < -0.39 is 47.6 Å². The van der Waals surface area contributed by atoms with Crippen LogP contribution >= 0.6 is 0 Å². The van der Waals surface area contributed by atoms with Gasteiger partial charge in [-0.3, -0.25) is 19.4 Å². The second-order valence-corrected chi connectivity index (χ2v) is 8.34. The number of ether oxygens (including phenoxy) is 2. The van der Waals surface area contributed by atoms with Gasteiger partial charge < -0.3 is 19.7 Å². The van der Waals surface area contributed by atoms with Crippen LogP contribution in [0.5, 0.6) is 0 Å². The van der Waals surface area contributed by atoms with Crippen LogP contribution < -0.4 is 16.1 Å². The molecule has 1 fully saturated rings. The number of rotatable bonds is 9. The molecule has 0 radical (unpaired) electrons. The van der Waals surface area contributed by atoms with Crippen molar-refractivity contribution in [3.63, 3.8) is 0 Å². The van der Waals surface area contributed by atoms with E-state index in [1.54, 1.807) is 12.1 Å². The van der Waals surface area contributed by atoms with Crippen molar-refractivity contribution in [2.75, 3.05) is 18.1 Å². The van der Waals surface area contributed by atoms with Gasteiger partial charge in [0.05, 0.1) is 17.7 Å². The van der Waals surface area contributed by atoms with Crippen molar-refractivity contribution < 1.29 is 29.3 Å². The summed E-state index contributed by atoms with van der Waals surface area (Å²) in [4.78, 5) is 53.5. The first kappa shape index (κ1) is 24.0. The zero-order valence-corrected chi connectivity index (χ0v) is 18.7. The van der Waals surface area contributed by atoms with Gasteiger partial charge in [0.25, 0.3) is 17.4 Å². The molecule has 2 aromatic rings. The second kappa shape index (κ2) is 10.0. The van der Waals surface area contributed by atoms with Crippen molar-refractivity contribution in [1.82, 2.24) is 9.55 Å². The third-order valence-corrected chi connectivity index (χ3v) is 6.00. The highest BCUT2D eigenvalue weighted by atomic mass is 16.6. The number of aromatic nitrogens is 2. The molecule has 34 heavy (non-hydrogen) atoms. The first-order valence-electron chi connectivity index (χ1n) is 11.3. The van der Waals surface area contributed by atoms with E-state index in [1.165, 1.54) is 12.1 Å². The number of hydrogen-bond acceptors (Lipinski definition) is 8. The van der Waals surface area contributed by atoms with Crippen LogP contribution in [0.2, 0.25) is 0 Å². The Labute approximate surface area is 194 Å². The zero-order valence-electron chi connectivity index (χ0n) is 18.7. The van der Waals surface area contributed by atoms with E-state index in [0.29, 0.717) is 11.5 Å². The van der Waals surface area contributed by atoms with Crippen LogP contribution in [0.4, 0.5) is 5.82 Å². The Hall–Kier alpha value is -3.12. The van der Waals surface area contributed by atoms with Crippen LogP contribution in [0.1, 0.15) is 59.6 Å². The number of aliphatic hydroxyl groups excluding tert-OH is 2. The highest BCUT2D eigenvalue weighted by Gasteiger charge is 2.47. The Balaban J connectivity index is 1.61. The van der Waals surface area contributed by atoms with Crippen LogP contribution in [0.15, 0.2) is 39.9 Å². The van der Waals surface area contributed by atoms with E-state index in [2.05, 4.69) is 11.9 Å². The van der Waals surface area contributed by atoms with Crippen molar-refractivity contribution in [1.29, 1.82) is 0 Å². The molecule has 0 aliphatic carbocycles. The lowest BCUT2D eigenvalue weighted by molar-refractivity contribution is -0.0680. The predicted octanol–water partition coefficient (Wildman–Crippen LogP) is 0.553.